The number of fused-ring (bicyclic) bond motifs is 1. The number of aryl methyl sites for hydroxylation is 1. The van der Waals surface area contributed by atoms with Crippen LogP contribution in [-0.4, -0.2) is 32.6 Å². The summed E-state index contributed by atoms with van der Waals surface area (Å²) < 4.78 is 7.71. The van der Waals surface area contributed by atoms with E-state index in [-0.39, 0.29) is 17.4 Å². The molecule has 2 atom stereocenters. The Balaban J connectivity index is 2.04. The maximum atomic E-state index is 10.8. The van der Waals surface area contributed by atoms with Crippen molar-refractivity contribution in [2.75, 3.05) is 11.4 Å². The number of aliphatic hydroxyl groups excluding tert-OH is 1. The summed E-state index contributed by atoms with van der Waals surface area (Å²) in [5, 5.41) is 33.9. The van der Waals surface area contributed by atoms with Crippen LogP contribution in [0.25, 0.3) is 0 Å². The number of aliphatic hydroxyl groups is 1. The number of benzene rings is 1. The molecule has 1 aliphatic heterocycles. The number of phenolic OH excluding ortho intramolecular Hbond substituents is 1. The fourth-order valence-electron chi connectivity index (χ4n) is 2.69. The zero-order valence-corrected chi connectivity index (χ0v) is 14.1. The molecule has 7 nitrogen and oxygen atoms in total. The predicted octanol–water partition coefficient (Wildman–Crippen LogP) is 2.04. The number of aromatic nitrogens is 2. The van der Waals surface area contributed by atoms with Crippen LogP contribution in [0.1, 0.15) is 24.3 Å². The molecule has 0 aliphatic carbocycles. The van der Waals surface area contributed by atoms with Crippen LogP contribution in [0.3, 0.4) is 0 Å². The standard InChI is InChI=1S/C15H15BrN4O3/c1-8-7-20(14-12(23-8)6-18-19(14)2)15(22)9-3-10(5-17)13(21)11(16)4-9/h3-4,6,8,15,21-22H,7H2,1-2H3/t8-,15?/m0/s1. The molecule has 1 unspecified atom stereocenters. The number of anilines is 1. The molecule has 0 amide bonds. The normalized spacial score (nSPS) is 18.0. The fourth-order valence-corrected chi connectivity index (χ4v) is 3.17. The molecule has 3 rings (SSSR count). The summed E-state index contributed by atoms with van der Waals surface area (Å²) in [7, 11) is 1.77. The van der Waals surface area contributed by atoms with Crippen molar-refractivity contribution in [2.24, 2.45) is 7.05 Å². The molecule has 2 N–H and O–H groups in total. The minimum absolute atomic E-state index is 0.0972. The zero-order chi connectivity index (χ0) is 16.7. The van der Waals surface area contributed by atoms with E-state index in [9.17, 15) is 10.2 Å². The van der Waals surface area contributed by atoms with Crippen molar-refractivity contribution in [1.29, 1.82) is 5.26 Å². The predicted molar refractivity (Wildman–Crippen MR) is 86.1 cm³/mol. The third kappa shape index (κ3) is 2.62. The van der Waals surface area contributed by atoms with E-state index in [1.165, 1.54) is 6.07 Å². The van der Waals surface area contributed by atoms with Gasteiger partial charge in [0.05, 0.1) is 22.8 Å². The highest BCUT2D eigenvalue weighted by molar-refractivity contribution is 9.10. The lowest BCUT2D eigenvalue weighted by Gasteiger charge is -2.36. The molecule has 8 heteroatoms. The number of halogens is 1. The highest BCUT2D eigenvalue weighted by Crippen LogP contribution is 2.39. The van der Waals surface area contributed by atoms with Gasteiger partial charge in [0.15, 0.2) is 17.8 Å². The second kappa shape index (κ2) is 5.76. The smallest absolute Gasteiger partial charge is 0.181 e. The SMILES string of the molecule is C[C@H]1CN(C(O)c2cc(Br)c(O)c(C#N)c2)c2c(cnn2C)O1. The minimum atomic E-state index is -1.00. The Labute approximate surface area is 141 Å². The number of hydrogen-bond acceptors (Lipinski definition) is 6. The molecule has 0 fully saturated rings. The van der Waals surface area contributed by atoms with Gasteiger partial charge in [-0.3, -0.25) is 0 Å². The van der Waals surface area contributed by atoms with Crippen molar-refractivity contribution in [2.45, 2.75) is 19.3 Å². The van der Waals surface area contributed by atoms with E-state index >= 15 is 0 Å². The second-order valence-corrected chi connectivity index (χ2v) is 6.28. The van der Waals surface area contributed by atoms with Gasteiger partial charge >= 0.3 is 0 Å². The summed E-state index contributed by atoms with van der Waals surface area (Å²) in [5.74, 6) is 1.13. The maximum Gasteiger partial charge on any atom is 0.181 e. The molecule has 0 saturated carbocycles. The zero-order valence-electron chi connectivity index (χ0n) is 12.6. The van der Waals surface area contributed by atoms with Gasteiger partial charge in [0.2, 0.25) is 0 Å². The average Bonchev–Trinajstić information content (AvgIpc) is 2.89. The number of rotatable bonds is 2. The first kappa shape index (κ1) is 15.6. The summed E-state index contributed by atoms with van der Waals surface area (Å²) in [4.78, 5) is 1.76. The molecular weight excluding hydrogens is 364 g/mol. The Hall–Kier alpha value is -2.24. The highest BCUT2D eigenvalue weighted by atomic mass is 79.9. The Morgan fingerprint density at radius 2 is 2.26 bits per heavy atom. The number of hydrogen-bond donors (Lipinski definition) is 2. The van der Waals surface area contributed by atoms with Crippen molar-refractivity contribution < 1.29 is 14.9 Å². The third-order valence-corrected chi connectivity index (χ3v) is 4.33. The van der Waals surface area contributed by atoms with Crippen molar-refractivity contribution in [3.63, 3.8) is 0 Å². The molecule has 0 spiro atoms. The lowest BCUT2D eigenvalue weighted by Crippen LogP contribution is -2.41. The molecule has 1 aromatic heterocycles. The summed E-state index contributed by atoms with van der Waals surface area (Å²) in [6.07, 6.45) is 0.495. The van der Waals surface area contributed by atoms with E-state index in [0.717, 1.165) is 0 Å². The first-order valence-corrected chi connectivity index (χ1v) is 7.77. The lowest BCUT2D eigenvalue weighted by atomic mass is 10.1. The monoisotopic (exact) mass is 378 g/mol. The molecule has 23 heavy (non-hydrogen) atoms. The quantitative estimate of drug-likeness (QED) is 0.830. The summed E-state index contributed by atoms with van der Waals surface area (Å²) in [6, 6.07) is 4.98. The van der Waals surface area contributed by atoms with Crippen LogP contribution in [0.2, 0.25) is 0 Å². The molecule has 1 aromatic carbocycles. The second-order valence-electron chi connectivity index (χ2n) is 5.42. The number of nitriles is 1. The largest absolute Gasteiger partial charge is 0.505 e. The number of ether oxygens (including phenoxy) is 1. The topological polar surface area (TPSA) is 94.5 Å². The van der Waals surface area contributed by atoms with Crippen molar-refractivity contribution in [3.05, 3.63) is 33.9 Å². The van der Waals surface area contributed by atoms with Crippen LogP contribution in [0.5, 0.6) is 11.5 Å². The van der Waals surface area contributed by atoms with Gasteiger partial charge in [0.25, 0.3) is 0 Å². The van der Waals surface area contributed by atoms with Crippen LogP contribution < -0.4 is 9.64 Å². The van der Waals surface area contributed by atoms with E-state index in [0.29, 0.717) is 28.1 Å². The molecule has 120 valence electrons. The van der Waals surface area contributed by atoms with Gasteiger partial charge in [-0.25, -0.2) is 4.68 Å². The van der Waals surface area contributed by atoms with Crippen LogP contribution in [-0.2, 0) is 7.05 Å². The van der Waals surface area contributed by atoms with Gasteiger partial charge < -0.3 is 19.8 Å². The van der Waals surface area contributed by atoms with E-state index in [1.54, 1.807) is 28.9 Å². The molecule has 0 bridgehead atoms. The molecular formula is C15H15BrN4O3. The summed E-state index contributed by atoms with van der Waals surface area (Å²) in [6.45, 7) is 2.37. The van der Waals surface area contributed by atoms with Gasteiger partial charge in [-0.15, -0.1) is 0 Å². The van der Waals surface area contributed by atoms with Gasteiger partial charge in [0, 0.05) is 12.6 Å². The summed E-state index contributed by atoms with van der Waals surface area (Å²) >= 11 is 3.21. The molecule has 0 saturated heterocycles. The molecule has 2 aromatic rings. The van der Waals surface area contributed by atoms with Crippen LogP contribution >= 0.6 is 15.9 Å². The van der Waals surface area contributed by atoms with E-state index in [4.69, 9.17) is 10.00 Å². The van der Waals surface area contributed by atoms with Crippen LogP contribution in [0.4, 0.5) is 5.82 Å². The van der Waals surface area contributed by atoms with Crippen LogP contribution in [0, 0.1) is 11.3 Å². The van der Waals surface area contributed by atoms with Gasteiger partial charge in [-0.1, -0.05) is 0 Å². The molecule has 1 aliphatic rings. The maximum absolute atomic E-state index is 10.8. The summed E-state index contributed by atoms with van der Waals surface area (Å²) in [5.41, 5.74) is 0.590. The Bertz CT molecular complexity index is 799. The number of phenols is 1. The number of aromatic hydroxyl groups is 1. The minimum Gasteiger partial charge on any atom is -0.505 e. The van der Waals surface area contributed by atoms with E-state index < -0.39 is 6.23 Å². The van der Waals surface area contributed by atoms with Crippen LogP contribution in [0.15, 0.2) is 22.8 Å². The average molecular weight is 379 g/mol. The fraction of sp³-hybridized carbons (Fsp3) is 0.333. The molecule has 2 heterocycles. The first-order chi connectivity index (χ1) is 10.9. The highest BCUT2D eigenvalue weighted by Gasteiger charge is 2.32. The third-order valence-electron chi connectivity index (χ3n) is 3.73. The van der Waals surface area contributed by atoms with Crippen molar-refractivity contribution >= 4 is 21.7 Å². The molecule has 0 radical (unpaired) electrons. The first-order valence-electron chi connectivity index (χ1n) is 6.98. The van der Waals surface area contributed by atoms with E-state index in [2.05, 4.69) is 21.0 Å². The van der Waals surface area contributed by atoms with E-state index in [1.807, 2.05) is 13.0 Å². The Morgan fingerprint density at radius 3 is 2.96 bits per heavy atom. The number of nitrogens with zero attached hydrogens (tertiary/aromatic N) is 4. The lowest BCUT2D eigenvalue weighted by molar-refractivity contribution is 0.133. The van der Waals surface area contributed by atoms with Crippen molar-refractivity contribution in [3.8, 4) is 17.6 Å². The van der Waals surface area contributed by atoms with Gasteiger partial charge in [0.1, 0.15) is 17.9 Å². The van der Waals surface area contributed by atoms with Gasteiger partial charge in [-0.2, -0.15) is 10.4 Å². The van der Waals surface area contributed by atoms with Crippen molar-refractivity contribution in [1.82, 2.24) is 9.78 Å². The van der Waals surface area contributed by atoms with Gasteiger partial charge in [-0.05, 0) is 35.0 Å². The Morgan fingerprint density at radius 1 is 1.52 bits per heavy atom. The Kier molecular flexibility index (Phi) is 3.92.